The number of rotatable bonds is 4. The number of aliphatic imine (C=N–C) groups is 1. The molecule has 3 rings (SSSR count). The van der Waals surface area contributed by atoms with Gasteiger partial charge in [-0.15, -0.1) is 11.3 Å². The van der Waals surface area contributed by atoms with Gasteiger partial charge in [0.05, 0.1) is 5.00 Å². The first-order valence-electron chi connectivity index (χ1n) is 8.35. The molecule has 1 saturated heterocycles. The highest BCUT2D eigenvalue weighted by Crippen LogP contribution is 2.22. The molecule has 0 amide bonds. The molecule has 1 aromatic carbocycles. The fourth-order valence-corrected chi connectivity index (χ4v) is 3.75. The molecule has 1 aliphatic rings. The second-order valence-corrected chi connectivity index (χ2v) is 6.81. The number of anilines is 1. The number of halogens is 2. The van der Waals surface area contributed by atoms with E-state index in [-0.39, 0.29) is 5.82 Å². The van der Waals surface area contributed by atoms with Crippen LogP contribution in [0.4, 0.5) is 13.8 Å². The Morgan fingerprint density at radius 1 is 1.20 bits per heavy atom. The quantitative estimate of drug-likeness (QED) is 0.668. The largest absolute Gasteiger partial charge is 0.360 e. The summed E-state index contributed by atoms with van der Waals surface area (Å²) in [5, 5.41) is 6.64. The monoisotopic (exact) mass is 364 g/mol. The van der Waals surface area contributed by atoms with Gasteiger partial charge in [-0.05, 0) is 47.7 Å². The molecular weight excluding hydrogens is 342 g/mol. The van der Waals surface area contributed by atoms with Crippen LogP contribution in [0.15, 0.2) is 40.7 Å². The van der Waals surface area contributed by atoms with Gasteiger partial charge in [0.2, 0.25) is 0 Å². The van der Waals surface area contributed by atoms with Crippen molar-refractivity contribution < 1.29 is 8.78 Å². The smallest absolute Gasteiger partial charge is 0.193 e. The molecule has 0 bridgehead atoms. The third kappa shape index (κ3) is 4.48. The molecule has 134 valence electrons. The summed E-state index contributed by atoms with van der Waals surface area (Å²) in [6, 6.07) is 7.76. The van der Waals surface area contributed by atoms with Crippen molar-refractivity contribution in [1.29, 1.82) is 0 Å². The highest BCUT2D eigenvalue weighted by atomic mass is 32.1. The molecule has 1 fully saturated rings. The lowest BCUT2D eigenvalue weighted by Crippen LogP contribution is -2.52. The van der Waals surface area contributed by atoms with E-state index in [1.807, 2.05) is 0 Å². The van der Waals surface area contributed by atoms with Crippen molar-refractivity contribution in [3.8, 4) is 0 Å². The molecule has 2 heterocycles. The van der Waals surface area contributed by atoms with Gasteiger partial charge in [-0.25, -0.2) is 8.78 Å². The van der Waals surface area contributed by atoms with E-state index in [0.29, 0.717) is 18.5 Å². The zero-order valence-electron chi connectivity index (χ0n) is 14.2. The molecule has 7 heteroatoms. The lowest BCUT2D eigenvalue weighted by Gasteiger charge is -2.37. The van der Waals surface area contributed by atoms with E-state index < -0.39 is 5.82 Å². The summed E-state index contributed by atoms with van der Waals surface area (Å²) in [4.78, 5) is 8.89. The minimum absolute atomic E-state index is 0.372. The van der Waals surface area contributed by atoms with Gasteiger partial charge in [0.25, 0.3) is 0 Å². The maximum absolute atomic E-state index is 13.7. The van der Waals surface area contributed by atoms with Gasteiger partial charge in [-0.2, -0.15) is 0 Å². The SMILES string of the molecule is CN=C(NCCc1cc(F)ccc1F)N1CCN(c2cccs2)CC1. The van der Waals surface area contributed by atoms with Crippen LogP contribution in [0.5, 0.6) is 0 Å². The Morgan fingerprint density at radius 3 is 2.68 bits per heavy atom. The molecule has 1 N–H and O–H groups in total. The standard InChI is InChI=1S/C18H22F2N4S/c1-21-18(22-7-6-14-13-15(19)4-5-16(14)20)24-10-8-23(9-11-24)17-3-2-12-25-17/h2-5,12-13H,6-11H2,1H3,(H,21,22). The van der Waals surface area contributed by atoms with E-state index in [2.05, 4.69) is 37.6 Å². The number of piperazine rings is 1. The fraction of sp³-hybridized carbons (Fsp3) is 0.389. The van der Waals surface area contributed by atoms with Gasteiger partial charge < -0.3 is 15.1 Å². The van der Waals surface area contributed by atoms with E-state index >= 15 is 0 Å². The van der Waals surface area contributed by atoms with Crippen molar-refractivity contribution in [3.05, 3.63) is 52.9 Å². The molecule has 25 heavy (non-hydrogen) atoms. The van der Waals surface area contributed by atoms with Crippen LogP contribution >= 0.6 is 11.3 Å². The van der Waals surface area contributed by atoms with Crippen molar-refractivity contribution in [2.45, 2.75) is 6.42 Å². The second-order valence-electron chi connectivity index (χ2n) is 5.89. The Kier molecular flexibility index (Phi) is 5.86. The van der Waals surface area contributed by atoms with Crippen molar-refractivity contribution >= 4 is 22.3 Å². The third-order valence-corrected chi connectivity index (χ3v) is 5.22. The molecular formula is C18H22F2N4S. The zero-order valence-corrected chi connectivity index (χ0v) is 15.0. The maximum atomic E-state index is 13.7. The third-order valence-electron chi connectivity index (χ3n) is 4.29. The molecule has 0 saturated carbocycles. The number of guanidine groups is 1. The van der Waals surface area contributed by atoms with E-state index in [1.165, 1.54) is 17.1 Å². The van der Waals surface area contributed by atoms with Crippen molar-refractivity contribution in [3.63, 3.8) is 0 Å². The average Bonchev–Trinajstić information content (AvgIpc) is 3.16. The summed E-state index contributed by atoms with van der Waals surface area (Å²) < 4.78 is 26.9. The van der Waals surface area contributed by atoms with Crippen LogP contribution in [0.3, 0.4) is 0 Å². The molecule has 0 unspecified atom stereocenters. The normalized spacial score (nSPS) is 15.6. The summed E-state index contributed by atoms with van der Waals surface area (Å²) >= 11 is 1.75. The van der Waals surface area contributed by atoms with Crippen molar-refractivity contribution in [2.75, 3.05) is 44.7 Å². The minimum Gasteiger partial charge on any atom is -0.360 e. The fourth-order valence-electron chi connectivity index (χ4n) is 2.96. The number of thiophene rings is 1. The molecule has 4 nitrogen and oxygen atoms in total. The summed E-state index contributed by atoms with van der Waals surface area (Å²) in [5.41, 5.74) is 0.380. The minimum atomic E-state index is -0.412. The topological polar surface area (TPSA) is 30.9 Å². The highest BCUT2D eigenvalue weighted by Gasteiger charge is 2.20. The van der Waals surface area contributed by atoms with Crippen LogP contribution in [0.25, 0.3) is 0 Å². The van der Waals surface area contributed by atoms with Gasteiger partial charge >= 0.3 is 0 Å². The van der Waals surface area contributed by atoms with Crippen LogP contribution in [0, 0.1) is 11.6 Å². The maximum Gasteiger partial charge on any atom is 0.193 e. The van der Waals surface area contributed by atoms with E-state index in [0.717, 1.165) is 38.2 Å². The molecule has 2 aromatic rings. The highest BCUT2D eigenvalue weighted by molar-refractivity contribution is 7.14. The zero-order chi connectivity index (χ0) is 17.6. The Balaban J connectivity index is 1.49. The summed E-state index contributed by atoms with van der Waals surface area (Å²) in [6.07, 6.45) is 0.414. The Morgan fingerprint density at radius 2 is 2.00 bits per heavy atom. The number of nitrogens with one attached hydrogen (secondary N) is 1. The van der Waals surface area contributed by atoms with Crippen molar-refractivity contribution in [2.24, 2.45) is 4.99 Å². The summed E-state index contributed by atoms with van der Waals surface area (Å²) in [7, 11) is 1.75. The second kappa shape index (κ2) is 8.29. The number of benzene rings is 1. The number of hydrogen-bond acceptors (Lipinski definition) is 3. The predicted octanol–water partition coefficient (Wildman–Crippen LogP) is 2.97. The first-order valence-corrected chi connectivity index (χ1v) is 9.23. The Hall–Kier alpha value is -2.15. The van der Waals surface area contributed by atoms with E-state index in [4.69, 9.17) is 0 Å². The van der Waals surface area contributed by atoms with Crippen molar-refractivity contribution in [1.82, 2.24) is 10.2 Å². The Labute approximate surface area is 150 Å². The van der Waals surface area contributed by atoms with E-state index in [1.54, 1.807) is 18.4 Å². The van der Waals surface area contributed by atoms with Gasteiger partial charge in [0.15, 0.2) is 5.96 Å². The number of nitrogens with zero attached hydrogens (tertiary/aromatic N) is 3. The summed E-state index contributed by atoms with van der Waals surface area (Å²) in [6.45, 7) is 4.16. The van der Waals surface area contributed by atoms with Crippen LogP contribution in [0.1, 0.15) is 5.56 Å². The van der Waals surface area contributed by atoms with Crippen LogP contribution in [-0.4, -0.2) is 50.6 Å². The number of hydrogen-bond donors (Lipinski definition) is 1. The molecule has 0 atom stereocenters. The van der Waals surface area contributed by atoms with Gasteiger partial charge in [-0.1, -0.05) is 0 Å². The first kappa shape index (κ1) is 17.7. The van der Waals surface area contributed by atoms with Gasteiger partial charge in [0, 0.05) is 39.8 Å². The lowest BCUT2D eigenvalue weighted by atomic mass is 10.1. The van der Waals surface area contributed by atoms with Gasteiger partial charge in [0.1, 0.15) is 11.6 Å². The molecule has 1 aliphatic heterocycles. The molecule has 0 spiro atoms. The average molecular weight is 364 g/mol. The molecule has 1 aromatic heterocycles. The lowest BCUT2D eigenvalue weighted by molar-refractivity contribution is 0.373. The predicted molar refractivity (Wildman–Crippen MR) is 99.5 cm³/mol. The first-order chi connectivity index (χ1) is 12.2. The molecule has 0 aliphatic carbocycles. The van der Waals surface area contributed by atoms with E-state index in [9.17, 15) is 8.78 Å². The van der Waals surface area contributed by atoms with Crippen LogP contribution < -0.4 is 10.2 Å². The van der Waals surface area contributed by atoms with Crippen LogP contribution in [-0.2, 0) is 6.42 Å². The van der Waals surface area contributed by atoms with Crippen LogP contribution in [0.2, 0.25) is 0 Å². The summed E-state index contributed by atoms with van der Waals surface area (Å²) in [5.74, 6) is 0.0240. The van der Waals surface area contributed by atoms with Gasteiger partial charge in [-0.3, -0.25) is 4.99 Å². The Bertz CT molecular complexity index is 710. The molecule has 0 radical (unpaired) electrons.